The number of hydrogen-bond acceptors (Lipinski definition) is 3. The van der Waals surface area contributed by atoms with Crippen molar-refractivity contribution in [2.45, 2.75) is 20.0 Å². The topological polar surface area (TPSA) is 37.4 Å². The molecule has 0 aliphatic rings. The Bertz CT molecular complexity index is 920. The molecule has 1 aromatic heterocycles. The second-order valence-corrected chi connectivity index (χ2v) is 7.02. The summed E-state index contributed by atoms with van der Waals surface area (Å²) in [6, 6.07) is 19.5. The first-order valence-corrected chi connectivity index (χ1v) is 9.85. The number of nitrogens with zero attached hydrogens (tertiary/aromatic N) is 2. The van der Waals surface area contributed by atoms with E-state index in [0.717, 1.165) is 22.6 Å². The van der Waals surface area contributed by atoms with Gasteiger partial charge in [-0.2, -0.15) is 0 Å². The zero-order valence-corrected chi connectivity index (χ0v) is 17.2. The van der Waals surface area contributed by atoms with Gasteiger partial charge in [-0.15, -0.1) is 0 Å². The van der Waals surface area contributed by atoms with Gasteiger partial charge in [-0.05, 0) is 55.0 Å². The van der Waals surface area contributed by atoms with Gasteiger partial charge in [0.05, 0.1) is 6.61 Å². The van der Waals surface area contributed by atoms with E-state index in [4.69, 9.17) is 28.6 Å². The third-order valence-electron chi connectivity index (χ3n) is 4.09. The molecule has 0 spiro atoms. The minimum absolute atomic E-state index is 0.609. The normalized spacial score (nSPS) is 10.4. The summed E-state index contributed by atoms with van der Waals surface area (Å²) in [6.45, 7) is 3.83. The molecule has 4 nitrogen and oxygen atoms in total. The maximum Gasteiger partial charge on any atom is 0.174 e. The van der Waals surface area contributed by atoms with E-state index in [1.165, 1.54) is 0 Å². The number of ether oxygens (including phenoxy) is 1. The molecule has 0 atom stereocenters. The van der Waals surface area contributed by atoms with Gasteiger partial charge in [0.2, 0.25) is 0 Å². The van der Waals surface area contributed by atoms with Gasteiger partial charge in [-0.25, -0.2) is 0 Å². The number of para-hydroxylation sites is 1. The van der Waals surface area contributed by atoms with Crippen molar-refractivity contribution in [2.75, 3.05) is 11.9 Å². The van der Waals surface area contributed by atoms with E-state index in [0.29, 0.717) is 29.8 Å². The molecule has 6 heteroatoms. The molecular weight excluding hydrogens is 390 g/mol. The molecule has 0 unspecified atom stereocenters. The molecule has 0 saturated heterocycles. The maximum absolute atomic E-state index is 6.10. The zero-order chi connectivity index (χ0) is 19.8. The van der Waals surface area contributed by atoms with E-state index in [2.05, 4.69) is 21.3 Å². The lowest BCUT2D eigenvalue weighted by atomic mass is 10.1. The van der Waals surface area contributed by atoms with Gasteiger partial charge >= 0.3 is 0 Å². The number of halogens is 1. The Morgan fingerprint density at radius 3 is 2.71 bits per heavy atom. The third kappa shape index (κ3) is 5.68. The number of aromatic nitrogens is 1. The van der Waals surface area contributed by atoms with Gasteiger partial charge in [0.15, 0.2) is 5.11 Å². The minimum Gasteiger partial charge on any atom is -0.494 e. The van der Waals surface area contributed by atoms with E-state index in [9.17, 15) is 0 Å². The van der Waals surface area contributed by atoms with Crippen LogP contribution in [0.15, 0.2) is 73.1 Å². The van der Waals surface area contributed by atoms with Crippen LogP contribution < -0.4 is 10.1 Å². The Hall–Kier alpha value is -2.63. The molecule has 0 aliphatic carbocycles. The van der Waals surface area contributed by atoms with E-state index in [-0.39, 0.29) is 0 Å². The molecule has 0 aliphatic heterocycles. The van der Waals surface area contributed by atoms with Crippen LogP contribution in [-0.2, 0) is 13.1 Å². The second-order valence-electron chi connectivity index (χ2n) is 6.20. The first-order chi connectivity index (χ1) is 13.7. The van der Waals surface area contributed by atoms with Gasteiger partial charge in [-0.3, -0.25) is 4.98 Å². The van der Waals surface area contributed by atoms with Crippen LogP contribution >= 0.6 is 23.8 Å². The summed E-state index contributed by atoms with van der Waals surface area (Å²) in [5, 5.41) is 4.56. The maximum atomic E-state index is 6.10. The molecule has 0 amide bonds. The lowest BCUT2D eigenvalue weighted by Crippen LogP contribution is -2.34. The van der Waals surface area contributed by atoms with Gasteiger partial charge in [0.25, 0.3) is 0 Å². The van der Waals surface area contributed by atoms with Crippen molar-refractivity contribution in [3.8, 4) is 5.75 Å². The number of rotatable bonds is 7. The number of thiocarbonyl (C=S) groups is 1. The van der Waals surface area contributed by atoms with Crippen LogP contribution in [-0.4, -0.2) is 21.6 Å². The predicted octanol–water partition coefficient (Wildman–Crippen LogP) is 5.53. The van der Waals surface area contributed by atoms with Crippen molar-refractivity contribution in [1.29, 1.82) is 0 Å². The fourth-order valence-electron chi connectivity index (χ4n) is 2.82. The summed E-state index contributed by atoms with van der Waals surface area (Å²) in [5.74, 6) is 0.867. The highest BCUT2D eigenvalue weighted by atomic mass is 35.5. The van der Waals surface area contributed by atoms with Crippen LogP contribution in [0.25, 0.3) is 0 Å². The Labute approximate surface area is 176 Å². The zero-order valence-electron chi connectivity index (χ0n) is 15.6. The van der Waals surface area contributed by atoms with Crippen molar-refractivity contribution in [3.05, 3.63) is 89.2 Å². The molecule has 28 heavy (non-hydrogen) atoms. The van der Waals surface area contributed by atoms with Crippen LogP contribution in [0.5, 0.6) is 5.75 Å². The molecule has 0 saturated carbocycles. The molecule has 3 rings (SSSR count). The summed E-state index contributed by atoms with van der Waals surface area (Å²) in [7, 11) is 0. The van der Waals surface area contributed by atoms with E-state index >= 15 is 0 Å². The molecule has 0 radical (unpaired) electrons. The number of benzene rings is 2. The highest BCUT2D eigenvalue weighted by Gasteiger charge is 2.14. The largest absolute Gasteiger partial charge is 0.494 e. The summed E-state index contributed by atoms with van der Waals surface area (Å²) in [5.41, 5.74) is 3.00. The monoisotopic (exact) mass is 411 g/mol. The fraction of sp³-hybridized carbons (Fsp3) is 0.182. The van der Waals surface area contributed by atoms with Crippen LogP contribution in [0, 0.1) is 0 Å². The summed E-state index contributed by atoms with van der Waals surface area (Å²) in [6.07, 6.45) is 3.62. The quantitative estimate of drug-likeness (QED) is 0.517. The van der Waals surface area contributed by atoms with Crippen LogP contribution in [0.3, 0.4) is 0 Å². The molecule has 1 N–H and O–H groups in total. The molecule has 0 fully saturated rings. The summed E-state index contributed by atoms with van der Waals surface area (Å²) in [4.78, 5) is 6.30. The molecule has 2 aromatic carbocycles. The van der Waals surface area contributed by atoms with Crippen molar-refractivity contribution >= 4 is 34.6 Å². The lowest BCUT2D eigenvalue weighted by Gasteiger charge is -2.27. The van der Waals surface area contributed by atoms with E-state index in [1.807, 2.05) is 67.7 Å². The molecule has 0 bridgehead atoms. The molecule has 1 heterocycles. The highest BCUT2D eigenvalue weighted by Crippen LogP contribution is 2.22. The Balaban J connectivity index is 1.83. The molecule has 3 aromatic rings. The van der Waals surface area contributed by atoms with E-state index < -0.39 is 0 Å². The smallest absolute Gasteiger partial charge is 0.174 e. The first-order valence-electron chi connectivity index (χ1n) is 9.07. The SMILES string of the molecule is CCOc1ccccc1CN(Cc1cccnc1)C(=S)Nc1cccc(Cl)c1. The predicted molar refractivity (Wildman–Crippen MR) is 119 cm³/mol. The number of anilines is 1. The Kier molecular flexibility index (Phi) is 7.23. The van der Waals surface area contributed by atoms with Crippen LogP contribution in [0.1, 0.15) is 18.1 Å². The van der Waals surface area contributed by atoms with Gasteiger partial charge < -0.3 is 15.0 Å². The minimum atomic E-state index is 0.609. The summed E-state index contributed by atoms with van der Waals surface area (Å²) < 4.78 is 5.78. The fourth-order valence-corrected chi connectivity index (χ4v) is 3.25. The van der Waals surface area contributed by atoms with E-state index in [1.54, 1.807) is 6.20 Å². The number of hydrogen-bond donors (Lipinski definition) is 1. The molecular formula is C22H22ClN3OS. The van der Waals surface area contributed by atoms with Crippen molar-refractivity contribution in [3.63, 3.8) is 0 Å². The van der Waals surface area contributed by atoms with Gasteiger partial charge in [0.1, 0.15) is 5.75 Å². The second kappa shape index (κ2) is 10.1. The number of nitrogens with one attached hydrogen (secondary N) is 1. The number of pyridine rings is 1. The standard InChI is InChI=1S/C22H22ClN3OS/c1-2-27-21-11-4-3-8-18(21)16-26(15-17-7-6-12-24-14-17)22(28)25-20-10-5-9-19(23)13-20/h3-14H,2,15-16H2,1H3,(H,25,28). The average molecular weight is 412 g/mol. The van der Waals surface area contributed by atoms with Gasteiger partial charge in [0, 0.05) is 41.8 Å². The van der Waals surface area contributed by atoms with Crippen molar-refractivity contribution in [2.24, 2.45) is 0 Å². The van der Waals surface area contributed by atoms with Crippen LogP contribution in [0.4, 0.5) is 5.69 Å². The average Bonchev–Trinajstić information content (AvgIpc) is 2.70. The Morgan fingerprint density at radius 2 is 1.96 bits per heavy atom. The first kappa shape index (κ1) is 20.1. The third-order valence-corrected chi connectivity index (χ3v) is 4.69. The van der Waals surface area contributed by atoms with Crippen molar-refractivity contribution < 1.29 is 4.74 Å². The summed E-state index contributed by atoms with van der Waals surface area (Å²) >= 11 is 11.8. The lowest BCUT2D eigenvalue weighted by molar-refractivity contribution is 0.327. The Morgan fingerprint density at radius 1 is 1.11 bits per heavy atom. The van der Waals surface area contributed by atoms with Gasteiger partial charge in [-0.1, -0.05) is 41.9 Å². The van der Waals surface area contributed by atoms with Crippen LogP contribution in [0.2, 0.25) is 5.02 Å². The molecule has 144 valence electrons. The highest BCUT2D eigenvalue weighted by molar-refractivity contribution is 7.80. The van der Waals surface area contributed by atoms with Crippen molar-refractivity contribution in [1.82, 2.24) is 9.88 Å².